The third-order valence-electron chi connectivity index (χ3n) is 6.38. The Morgan fingerprint density at radius 2 is 1.64 bits per heavy atom. The minimum Gasteiger partial charge on any atom is -0.466 e. The molecule has 0 aromatic carbocycles. The lowest BCUT2D eigenvalue weighted by molar-refractivity contribution is -0.145. The number of rotatable bonds is 4. The number of ether oxygens (including phenoxy) is 2. The summed E-state index contributed by atoms with van der Waals surface area (Å²) in [5.41, 5.74) is -1.39. The molecular weight excluding hydrogens is 361 g/mol. The Balaban J connectivity index is 1.65. The second-order valence-electron chi connectivity index (χ2n) is 10.2. The van der Waals surface area contributed by atoms with Gasteiger partial charge in [0.25, 0.3) is 0 Å². The molecule has 3 atom stereocenters. The van der Waals surface area contributed by atoms with Crippen molar-refractivity contribution >= 4 is 19.2 Å². The maximum Gasteiger partial charge on any atom is 0.462 e. The molecule has 0 aromatic heterocycles. The van der Waals surface area contributed by atoms with Crippen LogP contribution in [-0.2, 0) is 23.6 Å². The fraction of sp³-hybridized carbons (Fsp3) is 0.900. The van der Waals surface area contributed by atoms with E-state index in [2.05, 4.69) is 0 Å². The van der Waals surface area contributed by atoms with Crippen molar-refractivity contribution in [3.63, 3.8) is 0 Å². The topological polar surface area (TPSA) is 74.3 Å². The van der Waals surface area contributed by atoms with Gasteiger partial charge in [-0.25, -0.2) is 4.79 Å². The van der Waals surface area contributed by atoms with Crippen molar-refractivity contribution in [3.05, 3.63) is 0 Å². The van der Waals surface area contributed by atoms with Crippen LogP contribution in [0.25, 0.3) is 0 Å². The van der Waals surface area contributed by atoms with Crippen LogP contribution >= 0.6 is 0 Å². The molecule has 1 aliphatic carbocycles. The minimum absolute atomic E-state index is 0.0362. The summed E-state index contributed by atoms with van der Waals surface area (Å²) >= 11 is 0. The number of nitrogens with zero attached hydrogens (tertiary/aromatic N) is 1. The first-order valence-electron chi connectivity index (χ1n) is 10.3. The van der Waals surface area contributed by atoms with Crippen LogP contribution in [0.15, 0.2) is 0 Å². The predicted molar refractivity (Wildman–Crippen MR) is 105 cm³/mol. The Morgan fingerprint density at radius 3 is 2.11 bits per heavy atom. The van der Waals surface area contributed by atoms with E-state index in [0.29, 0.717) is 19.7 Å². The van der Waals surface area contributed by atoms with Gasteiger partial charge < -0.3 is 23.7 Å². The maximum atomic E-state index is 12.5. The summed E-state index contributed by atoms with van der Waals surface area (Å²) < 4.78 is 23.1. The van der Waals surface area contributed by atoms with Gasteiger partial charge >= 0.3 is 19.2 Å². The lowest BCUT2D eigenvalue weighted by Gasteiger charge is -2.40. The zero-order valence-corrected chi connectivity index (χ0v) is 18.4. The Kier molecular flexibility index (Phi) is 5.29. The molecule has 1 amide bonds. The van der Waals surface area contributed by atoms with Gasteiger partial charge in [0.15, 0.2) is 0 Å². The standard InChI is InChI=1S/C20H34BNO6/c1-9-25-16(23)14-13(12-10-22(11-12)17(24)26-18(2,3)4)15(14)21-27-19(5,6)20(7,8)28-21/h12-15H,9-11H2,1-8H3. The van der Waals surface area contributed by atoms with E-state index < -0.39 is 23.9 Å². The van der Waals surface area contributed by atoms with E-state index in [1.54, 1.807) is 4.90 Å². The minimum atomic E-state index is -0.513. The summed E-state index contributed by atoms with van der Waals surface area (Å²) in [5, 5.41) is 0. The Hall–Kier alpha value is -1.28. The molecular formula is C20H34BNO6. The Morgan fingerprint density at radius 1 is 1.11 bits per heavy atom. The molecule has 8 heteroatoms. The van der Waals surface area contributed by atoms with Gasteiger partial charge in [0.2, 0.25) is 0 Å². The fourth-order valence-electron chi connectivity index (χ4n) is 4.15. The van der Waals surface area contributed by atoms with E-state index in [0.717, 1.165) is 0 Å². The number of hydrogen-bond acceptors (Lipinski definition) is 6. The SMILES string of the molecule is CCOC(=O)C1C(B2OC(C)(C)C(C)(C)O2)C1C1CN(C(=O)OC(C)(C)C)C1. The highest BCUT2D eigenvalue weighted by molar-refractivity contribution is 6.49. The van der Waals surface area contributed by atoms with Crippen molar-refractivity contribution in [2.75, 3.05) is 19.7 Å². The smallest absolute Gasteiger partial charge is 0.462 e. The van der Waals surface area contributed by atoms with E-state index in [1.165, 1.54) is 0 Å². The summed E-state index contributed by atoms with van der Waals surface area (Å²) in [6.45, 7) is 17.0. The molecule has 0 bridgehead atoms. The highest BCUT2D eigenvalue weighted by Crippen LogP contribution is 2.62. The highest BCUT2D eigenvalue weighted by Gasteiger charge is 2.70. The Bertz CT molecular complexity index is 621. The molecule has 0 N–H and O–H groups in total. The molecule has 2 heterocycles. The summed E-state index contributed by atoms with van der Waals surface area (Å²) in [5.74, 6) is -0.132. The zero-order chi connectivity index (χ0) is 21.1. The average Bonchev–Trinajstić information content (AvgIpc) is 3.12. The second-order valence-corrected chi connectivity index (χ2v) is 10.2. The molecule has 7 nitrogen and oxygen atoms in total. The number of esters is 1. The average molecular weight is 395 g/mol. The van der Waals surface area contributed by atoms with Crippen LogP contribution in [0, 0.1) is 17.8 Å². The monoisotopic (exact) mass is 395 g/mol. The number of likely N-dealkylation sites (tertiary alicyclic amines) is 1. The molecule has 158 valence electrons. The molecule has 2 saturated heterocycles. The van der Waals surface area contributed by atoms with Crippen LogP contribution < -0.4 is 0 Å². The van der Waals surface area contributed by atoms with E-state index in [-0.39, 0.29) is 35.6 Å². The van der Waals surface area contributed by atoms with Gasteiger partial charge in [-0.2, -0.15) is 0 Å². The van der Waals surface area contributed by atoms with Crippen LogP contribution in [0.2, 0.25) is 5.82 Å². The molecule has 28 heavy (non-hydrogen) atoms. The van der Waals surface area contributed by atoms with Gasteiger partial charge in [0.05, 0.1) is 23.7 Å². The van der Waals surface area contributed by atoms with Gasteiger partial charge in [0.1, 0.15) is 5.60 Å². The molecule has 0 spiro atoms. The largest absolute Gasteiger partial charge is 0.466 e. The van der Waals surface area contributed by atoms with Crippen LogP contribution in [0.3, 0.4) is 0 Å². The molecule has 1 saturated carbocycles. The van der Waals surface area contributed by atoms with E-state index in [9.17, 15) is 9.59 Å². The van der Waals surface area contributed by atoms with Gasteiger partial charge in [-0.05, 0) is 67.2 Å². The zero-order valence-electron chi connectivity index (χ0n) is 18.4. The van der Waals surface area contributed by atoms with E-state index >= 15 is 0 Å². The van der Waals surface area contributed by atoms with Crippen molar-refractivity contribution in [2.45, 2.75) is 78.0 Å². The van der Waals surface area contributed by atoms with Gasteiger partial charge in [-0.1, -0.05) is 0 Å². The van der Waals surface area contributed by atoms with Crippen molar-refractivity contribution in [2.24, 2.45) is 17.8 Å². The van der Waals surface area contributed by atoms with Gasteiger partial charge in [-0.15, -0.1) is 0 Å². The predicted octanol–water partition coefficient (Wildman–Crippen LogP) is 3.12. The molecule has 3 aliphatic rings. The first-order valence-corrected chi connectivity index (χ1v) is 10.3. The van der Waals surface area contributed by atoms with Gasteiger partial charge in [0, 0.05) is 18.9 Å². The van der Waals surface area contributed by atoms with E-state index in [4.69, 9.17) is 18.8 Å². The van der Waals surface area contributed by atoms with Crippen molar-refractivity contribution < 1.29 is 28.4 Å². The summed E-state index contributed by atoms with van der Waals surface area (Å²) in [6, 6.07) is 0. The van der Waals surface area contributed by atoms with Crippen LogP contribution in [0.1, 0.15) is 55.4 Å². The number of carbonyl (C=O) groups excluding carboxylic acids is 2. The summed E-state index contributed by atoms with van der Waals surface area (Å²) in [4.78, 5) is 26.4. The van der Waals surface area contributed by atoms with Crippen LogP contribution in [-0.4, -0.2) is 60.6 Å². The third kappa shape index (κ3) is 3.90. The highest BCUT2D eigenvalue weighted by atomic mass is 16.7. The number of hydrogen-bond donors (Lipinski definition) is 0. The van der Waals surface area contributed by atoms with Crippen molar-refractivity contribution in [1.82, 2.24) is 4.90 Å². The number of amides is 1. The summed E-state index contributed by atoms with van der Waals surface area (Å²) in [6.07, 6.45) is -0.302. The lowest BCUT2D eigenvalue weighted by atomic mass is 9.77. The summed E-state index contributed by atoms with van der Waals surface area (Å²) in [7, 11) is -0.431. The second kappa shape index (κ2) is 6.90. The normalized spacial score (nSPS) is 31.4. The third-order valence-corrected chi connectivity index (χ3v) is 6.38. The van der Waals surface area contributed by atoms with Crippen molar-refractivity contribution in [1.29, 1.82) is 0 Å². The quantitative estimate of drug-likeness (QED) is 0.538. The molecule has 2 aliphatic heterocycles. The van der Waals surface area contributed by atoms with Crippen LogP contribution in [0.5, 0.6) is 0 Å². The molecule has 3 rings (SSSR count). The number of carbonyl (C=O) groups is 2. The first kappa shape index (κ1) is 21.4. The molecule has 0 radical (unpaired) electrons. The molecule has 3 fully saturated rings. The Labute approximate surface area is 168 Å². The fourth-order valence-corrected chi connectivity index (χ4v) is 4.15. The lowest BCUT2D eigenvalue weighted by Crippen LogP contribution is -2.52. The first-order chi connectivity index (χ1) is 12.8. The van der Waals surface area contributed by atoms with E-state index in [1.807, 2.05) is 55.4 Å². The maximum absolute atomic E-state index is 12.5. The van der Waals surface area contributed by atoms with Crippen molar-refractivity contribution in [3.8, 4) is 0 Å². The molecule has 3 unspecified atom stereocenters. The van der Waals surface area contributed by atoms with Gasteiger partial charge in [-0.3, -0.25) is 4.79 Å². The van der Waals surface area contributed by atoms with Crippen LogP contribution in [0.4, 0.5) is 4.79 Å². The molecule has 0 aromatic rings.